The highest BCUT2D eigenvalue weighted by Gasteiger charge is 2.42. The number of hydrogen-bond acceptors (Lipinski definition) is 6. The fourth-order valence-electron chi connectivity index (χ4n) is 2.76. The van der Waals surface area contributed by atoms with E-state index in [2.05, 4.69) is 0 Å². The van der Waals surface area contributed by atoms with Crippen LogP contribution in [-0.4, -0.2) is 51.3 Å². The summed E-state index contributed by atoms with van der Waals surface area (Å²) in [5.74, 6) is -1.41. The van der Waals surface area contributed by atoms with Gasteiger partial charge in [-0.05, 0) is 18.6 Å². The van der Waals surface area contributed by atoms with Crippen LogP contribution in [-0.2, 0) is 14.4 Å². The van der Waals surface area contributed by atoms with Crippen LogP contribution < -0.4 is 0 Å². The minimum atomic E-state index is -0.779. The number of fused-ring (bicyclic) bond motifs is 1. The molecule has 1 aromatic rings. The van der Waals surface area contributed by atoms with Gasteiger partial charge in [-0.25, -0.2) is 4.79 Å². The molecule has 2 heterocycles. The molecular formula is C17H18N2O5S. The Morgan fingerprint density at radius 3 is 2.44 bits per heavy atom. The van der Waals surface area contributed by atoms with E-state index in [0.717, 1.165) is 12.8 Å². The summed E-state index contributed by atoms with van der Waals surface area (Å²) in [5, 5.41) is 0.491. The van der Waals surface area contributed by atoms with Gasteiger partial charge in [0.05, 0.1) is 17.0 Å². The van der Waals surface area contributed by atoms with E-state index in [1.54, 1.807) is 12.1 Å². The van der Waals surface area contributed by atoms with Crippen LogP contribution in [0.2, 0.25) is 0 Å². The van der Waals surface area contributed by atoms with Crippen LogP contribution >= 0.6 is 11.8 Å². The van der Waals surface area contributed by atoms with E-state index in [9.17, 15) is 19.2 Å². The van der Waals surface area contributed by atoms with E-state index in [1.807, 2.05) is 6.92 Å². The third-order valence-corrected chi connectivity index (χ3v) is 5.17. The van der Waals surface area contributed by atoms with Crippen molar-refractivity contribution in [3.05, 3.63) is 35.4 Å². The van der Waals surface area contributed by atoms with E-state index in [4.69, 9.17) is 4.84 Å². The van der Waals surface area contributed by atoms with Crippen LogP contribution in [0.4, 0.5) is 0 Å². The van der Waals surface area contributed by atoms with Gasteiger partial charge in [-0.1, -0.05) is 30.5 Å². The Balaban J connectivity index is 1.69. The van der Waals surface area contributed by atoms with Gasteiger partial charge in [0.15, 0.2) is 0 Å². The van der Waals surface area contributed by atoms with E-state index < -0.39 is 23.8 Å². The smallest absolute Gasteiger partial charge is 0.327 e. The number of hydrogen-bond donors (Lipinski definition) is 0. The zero-order chi connectivity index (χ0) is 18.0. The fourth-order valence-corrected chi connectivity index (χ4v) is 3.92. The lowest BCUT2D eigenvalue weighted by molar-refractivity contribution is -0.175. The van der Waals surface area contributed by atoms with Gasteiger partial charge in [0.2, 0.25) is 5.91 Å². The quantitative estimate of drug-likeness (QED) is 0.743. The average Bonchev–Trinajstić information content (AvgIpc) is 3.20. The van der Waals surface area contributed by atoms with Crippen LogP contribution in [0.25, 0.3) is 0 Å². The lowest BCUT2D eigenvalue weighted by Crippen LogP contribution is -2.46. The van der Waals surface area contributed by atoms with Crippen molar-refractivity contribution in [1.82, 2.24) is 9.96 Å². The molecule has 0 N–H and O–H groups in total. The predicted molar refractivity (Wildman–Crippen MR) is 90.5 cm³/mol. The lowest BCUT2D eigenvalue weighted by Gasteiger charge is -2.23. The molecule has 1 unspecified atom stereocenters. The normalized spacial score (nSPS) is 19.3. The molecule has 3 amide bonds. The molecular weight excluding hydrogens is 344 g/mol. The number of unbranched alkanes of at least 4 members (excludes halogenated alkanes) is 1. The number of imide groups is 1. The first kappa shape index (κ1) is 17.5. The van der Waals surface area contributed by atoms with Crippen LogP contribution in [0, 0.1) is 0 Å². The largest absolute Gasteiger partial charge is 0.356 e. The second-order valence-corrected chi connectivity index (χ2v) is 6.84. The third kappa shape index (κ3) is 3.26. The summed E-state index contributed by atoms with van der Waals surface area (Å²) >= 11 is 1.44. The first-order chi connectivity index (χ1) is 12.0. The number of amides is 3. The topological polar surface area (TPSA) is 84.0 Å². The summed E-state index contributed by atoms with van der Waals surface area (Å²) in [6.07, 6.45) is 2.00. The van der Waals surface area contributed by atoms with Gasteiger partial charge in [-0.3, -0.25) is 14.4 Å². The van der Waals surface area contributed by atoms with Gasteiger partial charge in [-0.15, -0.1) is 11.8 Å². The zero-order valence-corrected chi connectivity index (χ0v) is 14.6. The Morgan fingerprint density at radius 2 is 1.84 bits per heavy atom. The molecule has 2 aliphatic heterocycles. The molecule has 7 nitrogen and oxygen atoms in total. The molecule has 0 radical (unpaired) electrons. The number of carbonyl (C=O) groups is 4. The summed E-state index contributed by atoms with van der Waals surface area (Å²) in [7, 11) is 0. The molecule has 0 spiro atoms. The molecule has 0 saturated carbocycles. The molecule has 25 heavy (non-hydrogen) atoms. The molecule has 8 heteroatoms. The van der Waals surface area contributed by atoms with Crippen molar-refractivity contribution in [2.24, 2.45) is 0 Å². The fraction of sp³-hybridized carbons (Fsp3) is 0.412. The van der Waals surface area contributed by atoms with E-state index in [1.165, 1.54) is 28.8 Å². The van der Waals surface area contributed by atoms with Crippen LogP contribution in [0.5, 0.6) is 0 Å². The van der Waals surface area contributed by atoms with Crippen molar-refractivity contribution >= 4 is 35.5 Å². The molecule has 1 aromatic carbocycles. The molecule has 1 atom stereocenters. The van der Waals surface area contributed by atoms with E-state index in [0.29, 0.717) is 23.1 Å². The summed E-state index contributed by atoms with van der Waals surface area (Å²) in [4.78, 5) is 55.7. The van der Waals surface area contributed by atoms with Gasteiger partial charge in [0.25, 0.3) is 11.8 Å². The van der Waals surface area contributed by atoms with Crippen molar-refractivity contribution in [2.75, 3.05) is 11.6 Å². The van der Waals surface area contributed by atoms with Gasteiger partial charge in [0, 0.05) is 12.2 Å². The number of nitrogens with zero attached hydrogens (tertiary/aromatic N) is 2. The summed E-state index contributed by atoms with van der Waals surface area (Å²) in [5.41, 5.74) is 0.411. The molecule has 132 valence electrons. The van der Waals surface area contributed by atoms with Crippen LogP contribution in [0.3, 0.4) is 0 Å². The van der Waals surface area contributed by atoms with Crippen molar-refractivity contribution in [3.63, 3.8) is 0 Å². The molecule has 0 bridgehead atoms. The van der Waals surface area contributed by atoms with E-state index in [-0.39, 0.29) is 17.0 Å². The molecule has 2 aliphatic rings. The first-order valence-corrected chi connectivity index (χ1v) is 9.27. The standard InChI is InChI=1S/C17H18N2O5S/c1-2-3-8-14(20)18-10-25-9-13(18)17(23)24-19-15(21)11-6-4-5-7-12(11)16(19)22/h4-7,13H,2-3,8-10H2,1H3. The van der Waals surface area contributed by atoms with Gasteiger partial charge in [0.1, 0.15) is 6.04 Å². The highest BCUT2D eigenvalue weighted by Crippen LogP contribution is 2.26. The molecule has 1 fully saturated rings. The van der Waals surface area contributed by atoms with Gasteiger partial charge < -0.3 is 9.74 Å². The van der Waals surface area contributed by atoms with Crippen molar-refractivity contribution in [1.29, 1.82) is 0 Å². The van der Waals surface area contributed by atoms with Crippen molar-refractivity contribution in [3.8, 4) is 0 Å². The van der Waals surface area contributed by atoms with Gasteiger partial charge >= 0.3 is 5.97 Å². The number of benzene rings is 1. The highest BCUT2D eigenvalue weighted by atomic mass is 32.2. The highest BCUT2D eigenvalue weighted by molar-refractivity contribution is 7.99. The van der Waals surface area contributed by atoms with Crippen molar-refractivity contribution in [2.45, 2.75) is 32.2 Å². The number of carbonyl (C=O) groups excluding carboxylic acids is 4. The summed E-state index contributed by atoms with van der Waals surface area (Å²) in [6.45, 7) is 1.99. The number of rotatable bonds is 5. The van der Waals surface area contributed by atoms with Crippen molar-refractivity contribution < 1.29 is 24.0 Å². The number of thioether (sulfide) groups is 1. The Morgan fingerprint density at radius 1 is 1.20 bits per heavy atom. The van der Waals surface area contributed by atoms with Crippen LogP contribution in [0.15, 0.2) is 24.3 Å². The second kappa shape index (κ2) is 7.26. The SMILES string of the molecule is CCCCC(=O)N1CSCC1C(=O)ON1C(=O)c2ccccc2C1=O. The summed E-state index contributed by atoms with van der Waals surface area (Å²) < 4.78 is 0. The molecule has 1 saturated heterocycles. The maximum atomic E-state index is 12.5. The number of hydroxylamine groups is 2. The second-order valence-electron chi connectivity index (χ2n) is 5.84. The third-order valence-electron chi connectivity index (χ3n) is 4.16. The Kier molecular flexibility index (Phi) is 5.08. The van der Waals surface area contributed by atoms with E-state index >= 15 is 0 Å². The van der Waals surface area contributed by atoms with Crippen LogP contribution in [0.1, 0.15) is 46.9 Å². The predicted octanol–water partition coefficient (Wildman–Crippen LogP) is 1.83. The molecule has 3 rings (SSSR count). The van der Waals surface area contributed by atoms with Gasteiger partial charge in [-0.2, -0.15) is 0 Å². The molecule has 0 aliphatic carbocycles. The Labute approximate surface area is 149 Å². The Bertz CT molecular complexity index is 701. The minimum absolute atomic E-state index is 0.115. The molecule has 0 aromatic heterocycles. The summed E-state index contributed by atoms with van der Waals surface area (Å²) in [6, 6.07) is 5.51. The first-order valence-electron chi connectivity index (χ1n) is 8.11. The average molecular weight is 362 g/mol. The Hall–Kier alpha value is -2.35. The minimum Gasteiger partial charge on any atom is -0.327 e. The monoisotopic (exact) mass is 362 g/mol. The lowest BCUT2D eigenvalue weighted by atomic mass is 10.1. The maximum Gasteiger partial charge on any atom is 0.356 e. The zero-order valence-electron chi connectivity index (χ0n) is 13.8. The maximum absolute atomic E-state index is 12.5.